The van der Waals surface area contributed by atoms with Crippen LogP contribution >= 0.6 is 11.8 Å². The molecule has 5 heteroatoms. The van der Waals surface area contributed by atoms with Crippen LogP contribution in [0.5, 0.6) is 0 Å². The summed E-state index contributed by atoms with van der Waals surface area (Å²) in [5.41, 5.74) is 1.99. The molecule has 0 saturated carbocycles. The number of hydrogen-bond acceptors (Lipinski definition) is 2. The van der Waals surface area contributed by atoms with Crippen molar-refractivity contribution in [2.45, 2.75) is 4.90 Å². The molecule has 2 aromatic carbocycles. The summed E-state index contributed by atoms with van der Waals surface area (Å²) in [5, 5.41) is 0. The van der Waals surface area contributed by atoms with Crippen LogP contribution in [-0.2, 0) is 10.0 Å². The van der Waals surface area contributed by atoms with Gasteiger partial charge in [-0.05, 0) is 35.0 Å². The number of sulfonamides is 1. The molecule has 3 nitrogen and oxygen atoms in total. The highest BCUT2D eigenvalue weighted by atomic mass is 35.5. The molecular weight excluding hydrogens is 258 g/mol. The third kappa shape index (κ3) is 2.66. The minimum atomic E-state index is -3.58. The first-order valence-corrected chi connectivity index (χ1v) is 6.77. The van der Waals surface area contributed by atoms with E-state index in [1.165, 1.54) is 12.1 Å². The van der Waals surface area contributed by atoms with Gasteiger partial charge in [0.15, 0.2) is 0 Å². The fourth-order valence-electron chi connectivity index (χ4n) is 1.50. The molecule has 2 rings (SSSR count). The van der Waals surface area contributed by atoms with Crippen molar-refractivity contribution in [3.8, 4) is 11.1 Å². The van der Waals surface area contributed by atoms with Gasteiger partial charge in [-0.2, -0.15) is 0 Å². The standard InChI is InChI=1S/C12H10ClNO2S/c13-14-17(15,16)12-8-6-11(7-9-12)10-4-2-1-3-5-10/h1-9,14H. The van der Waals surface area contributed by atoms with E-state index in [1.807, 2.05) is 30.3 Å². The lowest BCUT2D eigenvalue weighted by molar-refractivity contribution is 0.594. The Morgan fingerprint density at radius 3 is 1.88 bits per heavy atom. The Kier molecular flexibility index (Phi) is 3.47. The van der Waals surface area contributed by atoms with Gasteiger partial charge in [-0.15, -0.1) is 4.24 Å². The van der Waals surface area contributed by atoms with Crippen molar-refractivity contribution in [3.05, 3.63) is 54.6 Å². The summed E-state index contributed by atoms with van der Waals surface area (Å²) in [6.07, 6.45) is 0. The highest BCUT2D eigenvalue weighted by Gasteiger charge is 2.11. The summed E-state index contributed by atoms with van der Waals surface area (Å²) in [6, 6.07) is 16.2. The fraction of sp³-hybridized carbons (Fsp3) is 0. The molecule has 0 amide bonds. The summed E-state index contributed by atoms with van der Waals surface area (Å²) in [6.45, 7) is 0. The maximum Gasteiger partial charge on any atom is 0.253 e. The van der Waals surface area contributed by atoms with Crippen molar-refractivity contribution in [3.63, 3.8) is 0 Å². The molecule has 0 unspecified atom stereocenters. The van der Waals surface area contributed by atoms with E-state index in [1.54, 1.807) is 16.4 Å². The van der Waals surface area contributed by atoms with E-state index in [9.17, 15) is 8.42 Å². The topological polar surface area (TPSA) is 46.2 Å². The second-order valence-electron chi connectivity index (χ2n) is 3.47. The van der Waals surface area contributed by atoms with Crippen molar-refractivity contribution >= 4 is 21.8 Å². The van der Waals surface area contributed by atoms with Gasteiger partial charge >= 0.3 is 0 Å². The van der Waals surface area contributed by atoms with E-state index in [0.29, 0.717) is 0 Å². The van der Waals surface area contributed by atoms with Crippen LogP contribution in [0.25, 0.3) is 11.1 Å². The normalized spacial score (nSPS) is 11.4. The summed E-state index contributed by atoms with van der Waals surface area (Å²) in [5.74, 6) is 0. The molecule has 0 atom stereocenters. The zero-order valence-electron chi connectivity index (χ0n) is 8.80. The van der Waals surface area contributed by atoms with Crippen LogP contribution in [0.2, 0.25) is 0 Å². The Bertz CT molecular complexity index is 594. The van der Waals surface area contributed by atoms with Gasteiger partial charge in [0.05, 0.1) is 4.90 Å². The van der Waals surface area contributed by atoms with E-state index in [-0.39, 0.29) is 4.90 Å². The molecule has 0 spiro atoms. The Balaban J connectivity index is 2.38. The molecule has 2 aromatic rings. The van der Waals surface area contributed by atoms with Gasteiger partial charge in [-0.25, -0.2) is 8.42 Å². The Morgan fingerprint density at radius 2 is 1.35 bits per heavy atom. The van der Waals surface area contributed by atoms with E-state index >= 15 is 0 Å². The third-order valence-corrected chi connectivity index (χ3v) is 4.08. The van der Waals surface area contributed by atoms with Crippen LogP contribution in [0.4, 0.5) is 0 Å². The van der Waals surface area contributed by atoms with Crippen LogP contribution in [0.15, 0.2) is 59.5 Å². The van der Waals surface area contributed by atoms with Crippen molar-refractivity contribution in [2.75, 3.05) is 0 Å². The second-order valence-corrected chi connectivity index (χ2v) is 5.57. The van der Waals surface area contributed by atoms with Gasteiger partial charge in [0, 0.05) is 0 Å². The lowest BCUT2D eigenvalue weighted by Crippen LogP contribution is -2.13. The van der Waals surface area contributed by atoms with Crippen molar-refractivity contribution in [1.29, 1.82) is 0 Å². The van der Waals surface area contributed by atoms with Crippen LogP contribution in [-0.4, -0.2) is 8.42 Å². The van der Waals surface area contributed by atoms with Gasteiger partial charge in [0.1, 0.15) is 0 Å². The molecule has 0 bridgehead atoms. The Morgan fingerprint density at radius 1 is 0.824 bits per heavy atom. The van der Waals surface area contributed by atoms with Gasteiger partial charge in [-0.3, -0.25) is 0 Å². The first-order valence-electron chi connectivity index (χ1n) is 4.91. The SMILES string of the molecule is O=S(=O)(NCl)c1ccc(-c2ccccc2)cc1. The zero-order valence-corrected chi connectivity index (χ0v) is 10.4. The summed E-state index contributed by atoms with van der Waals surface area (Å²) in [4.78, 5) is 0.146. The molecule has 0 fully saturated rings. The minimum Gasteiger partial charge on any atom is -0.206 e. The molecule has 88 valence electrons. The summed E-state index contributed by atoms with van der Waals surface area (Å²) < 4.78 is 24.6. The van der Waals surface area contributed by atoms with Crippen LogP contribution in [0.1, 0.15) is 0 Å². The molecular formula is C12H10ClNO2S. The number of halogens is 1. The number of rotatable bonds is 3. The lowest BCUT2D eigenvalue weighted by Gasteiger charge is -2.04. The van der Waals surface area contributed by atoms with E-state index in [4.69, 9.17) is 11.8 Å². The van der Waals surface area contributed by atoms with Crippen LogP contribution in [0, 0.1) is 0 Å². The van der Waals surface area contributed by atoms with Crippen molar-refractivity contribution in [1.82, 2.24) is 4.24 Å². The van der Waals surface area contributed by atoms with Gasteiger partial charge in [-0.1, -0.05) is 42.5 Å². The predicted molar refractivity (Wildman–Crippen MR) is 68.1 cm³/mol. The molecule has 17 heavy (non-hydrogen) atoms. The molecule has 0 aliphatic heterocycles. The number of benzene rings is 2. The number of hydrogen-bond donors (Lipinski definition) is 1. The van der Waals surface area contributed by atoms with E-state index < -0.39 is 10.0 Å². The van der Waals surface area contributed by atoms with E-state index in [2.05, 4.69) is 0 Å². The van der Waals surface area contributed by atoms with Crippen LogP contribution < -0.4 is 4.24 Å². The fourth-order valence-corrected chi connectivity index (χ4v) is 2.35. The predicted octanol–water partition coefficient (Wildman–Crippen LogP) is 2.79. The molecule has 0 aromatic heterocycles. The van der Waals surface area contributed by atoms with Crippen molar-refractivity contribution in [2.24, 2.45) is 0 Å². The maximum atomic E-state index is 11.4. The zero-order chi connectivity index (χ0) is 12.3. The first kappa shape index (κ1) is 12.1. The Hall–Kier alpha value is -1.36. The molecule has 0 radical (unpaired) electrons. The first-order chi connectivity index (χ1) is 8.13. The smallest absolute Gasteiger partial charge is 0.206 e. The Labute approximate surface area is 105 Å². The highest BCUT2D eigenvalue weighted by Crippen LogP contribution is 2.20. The minimum absolute atomic E-state index is 0.146. The van der Waals surface area contributed by atoms with Gasteiger partial charge < -0.3 is 0 Å². The largest absolute Gasteiger partial charge is 0.253 e. The number of nitrogens with one attached hydrogen (secondary N) is 1. The lowest BCUT2D eigenvalue weighted by atomic mass is 10.1. The maximum absolute atomic E-state index is 11.4. The summed E-state index contributed by atoms with van der Waals surface area (Å²) in [7, 11) is -3.58. The quantitative estimate of drug-likeness (QED) is 0.870. The third-order valence-electron chi connectivity index (χ3n) is 2.37. The van der Waals surface area contributed by atoms with Gasteiger partial charge in [0.25, 0.3) is 10.0 Å². The highest BCUT2D eigenvalue weighted by molar-refractivity contribution is 7.90. The molecule has 0 heterocycles. The molecule has 0 aliphatic rings. The molecule has 0 aliphatic carbocycles. The molecule has 0 saturated heterocycles. The summed E-state index contributed by atoms with van der Waals surface area (Å²) >= 11 is 5.15. The monoisotopic (exact) mass is 267 g/mol. The van der Waals surface area contributed by atoms with E-state index in [0.717, 1.165) is 11.1 Å². The van der Waals surface area contributed by atoms with Crippen LogP contribution in [0.3, 0.4) is 0 Å². The molecule has 1 N–H and O–H groups in total. The average Bonchev–Trinajstić information content (AvgIpc) is 2.40. The van der Waals surface area contributed by atoms with Crippen molar-refractivity contribution < 1.29 is 8.42 Å². The second kappa shape index (κ2) is 4.87. The van der Waals surface area contributed by atoms with Gasteiger partial charge in [0.2, 0.25) is 0 Å². The average molecular weight is 268 g/mol.